The molecular weight excluding hydrogens is 401 g/mol. The monoisotopic (exact) mass is 419 g/mol. The minimum atomic E-state index is 0.120. The summed E-state index contributed by atoms with van der Waals surface area (Å²) in [7, 11) is 0. The molecule has 0 unspecified atom stereocenters. The van der Waals surface area contributed by atoms with Crippen LogP contribution in [0.15, 0.2) is 36.4 Å². The topological polar surface area (TPSA) is 36.4 Å². The maximum Gasteiger partial charge on any atom is 0.227 e. The van der Waals surface area contributed by atoms with E-state index in [1.807, 2.05) is 48.2 Å². The van der Waals surface area contributed by atoms with Crippen LogP contribution in [-0.4, -0.2) is 42.0 Å². The number of fused-ring (bicyclic) bond motifs is 1. The molecular formula is C20H19Cl2N3OS. The number of aromatic nitrogens is 1. The number of benzene rings is 2. The highest BCUT2D eigenvalue weighted by molar-refractivity contribution is 7.22. The van der Waals surface area contributed by atoms with Gasteiger partial charge in [-0.3, -0.25) is 4.79 Å². The van der Waals surface area contributed by atoms with Crippen LogP contribution in [0.2, 0.25) is 10.0 Å². The predicted octanol–water partition coefficient (Wildman–Crippen LogP) is 4.80. The van der Waals surface area contributed by atoms with Crippen molar-refractivity contribution in [2.75, 3.05) is 31.1 Å². The van der Waals surface area contributed by atoms with Crippen molar-refractivity contribution in [1.82, 2.24) is 9.88 Å². The first-order valence-electron chi connectivity index (χ1n) is 8.84. The first kappa shape index (κ1) is 18.5. The Morgan fingerprint density at radius 2 is 1.81 bits per heavy atom. The Hall–Kier alpha value is -1.82. The molecule has 2 aromatic carbocycles. The number of rotatable bonds is 3. The van der Waals surface area contributed by atoms with Gasteiger partial charge in [-0.1, -0.05) is 52.7 Å². The number of anilines is 1. The van der Waals surface area contributed by atoms with E-state index >= 15 is 0 Å². The summed E-state index contributed by atoms with van der Waals surface area (Å²) in [6, 6.07) is 11.5. The highest BCUT2D eigenvalue weighted by Crippen LogP contribution is 2.33. The summed E-state index contributed by atoms with van der Waals surface area (Å²) in [6.07, 6.45) is 0.346. The molecule has 7 heteroatoms. The Labute approximate surface area is 172 Å². The lowest BCUT2D eigenvalue weighted by Crippen LogP contribution is -2.49. The van der Waals surface area contributed by atoms with Crippen molar-refractivity contribution < 1.29 is 4.79 Å². The van der Waals surface area contributed by atoms with Gasteiger partial charge in [0.15, 0.2) is 5.13 Å². The molecule has 4 nitrogen and oxygen atoms in total. The highest BCUT2D eigenvalue weighted by Gasteiger charge is 2.24. The van der Waals surface area contributed by atoms with E-state index in [2.05, 4.69) is 4.90 Å². The molecule has 140 valence electrons. The summed E-state index contributed by atoms with van der Waals surface area (Å²) in [5, 5.41) is 2.39. The molecule has 1 saturated heterocycles. The van der Waals surface area contributed by atoms with Crippen molar-refractivity contribution in [3.05, 3.63) is 57.6 Å². The molecule has 0 saturated carbocycles. The van der Waals surface area contributed by atoms with Gasteiger partial charge >= 0.3 is 0 Å². The summed E-state index contributed by atoms with van der Waals surface area (Å²) >= 11 is 14.1. The molecule has 0 spiro atoms. The third-order valence-corrected chi connectivity index (χ3v) is 6.80. The van der Waals surface area contributed by atoms with Crippen LogP contribution in [-0.2, 0) is 11.2 Å². The molecule has 0 radical (unpaired) electrons. The van der Waals surface area contributed by atoms with Crippen molar-refractivity contribution in [3.8, 4) is 0 Å². The van der Waals surface area contributed by atoms with Crippen molar-refractivity contribution >= 4 is 55.8 Å². The van der Waals surface area contributed by atoms with Gasteiger partial charge in [-0.15, -0.1) is 0 Å². The number of carbonyl (C=O) groups excluding carboxylic acids is 1. The molecule has 4 rings (SSSR count). The Morgan fingerprint density at radius 3 is 2.56 bits per heavy atom. The van der Waals surface area contributed by atoms with Crippen molar-refractivity contribution in [2.24, 2.45) is 0 Å². The molecule has 1 fully saturated rings. The summed E-state index contributed by atoms with van der Waals surface area (Å²) in [4.78, 5) is 21.6. The second kappa shape index (κ2) is 7.66. The van der Waals surface area contributed by atoms with Crippen LogP contribution in [0.5, 0.6) is 0 Å². The van der Waals surface area contributed by atoms with Gasteiger partial charge in [-0.2, -0.15) is 0 Å². The minimum absolute atomic E-state index is 0.120. The lowest BCUT2D eigenvalue weighted by molar-refractivity contribution is -0.130. The highest BCUT2D eigenvalue weighted by atomic mass is 35.5. The van der Waals surface area contributed by atoms with Gasteiger partial charge in [0.25, 0.3) is 0 Å². The molecule has 0 N–H and O–H groups in total. The first-order chi connectivity index (χ1) is 13.0. The second-order valence-electron chi connectivity index (χ2n) is 6.65. The van der Waals surface area contributed by atoms with Crippen LogP contribution < -0.4 is 4.90 Å². The van der Waals surface area contributed by atoms with Crippen LogP contribution >= 0.6 is 34.5 Å². The molecule has 0 bridgehead atoms. The van der Waals surface area contributed by atoms with Gasteiger partial charge in [0.1, 0.15) is 0 Å². The average Bonchev–Trinajstić information content (AvgIpc) is 3.12. The van der Waals surface area contributed by atoms with E-state index in [0.29, 0.717) is 24.5 Å². The predicted molar refractivity (Wildman–Crippen MR) is 113 cm³/mol. The lowest BCUT2D eigenvalue weighted by Gasteiger charge is -2.34. The smallest absolute Gasteiger partial charge is 0.227 e. The first-order valence-corrected chi connectivity index (χ1v) is 10.4. The van der Waals surface area contributed by atoms with Crippen molar-refractivity contribution in [1.29, 1.82) is 0 Å². The molecule has 3 aromatic rings. The van der Waals surface area contributed by atoms with Gasteiger partial charge in [0, 0.05) is 36.2 Å². The van der Waals surface area contributed by atoms with Crippen LogP contribution in [0.1, 0.15) is 11.1 Å². The van der Waals surface area contributed by atoms with E-state index in [1.165, 1.54) is 0 Å². The normalized spacial score (nSPS) is 14.8. The van der Waals surface area contributed by atoms with Gasteiger partial charge in [0.2, 0.25) is 5.91 Å². The molecule has 1 aliphatic heterocycles. The fourth-order valence-electron chi connectivity index (χ4n) is 3.29. The van der Waals surface area contributed by atoms with E-state index in [-0.39, 0.29) is 5.91 Å². The Kier molecular flexibility index (Phi) is 5.26. The fourth-order valence-corrected chi connectivity index (χ4v) is 4.72. The summed E-state index contributed by atoms with van der Waals surface area (Å²) < 4.78 is 1.14. The SMILES string of the molecule is Cc1c(Cl)ccc2sc(N3CCN(C(=O)Cc4ccccc4Cl)CC3)nc12. The Balaban J connectivity index is 1.42. The van der Waals surface area contributed by atoms with Gasteiger partial charge in [-0.25, -0.2) is 4.98 Å². The Morgan fingerprint density at radius 1 is 1.07 bits per heavy atom. The van der Waals surface area contributed by atoms with Gasteiger partial charge in [-0.05, 0) is 36.2 Å². The van der Waals surface area contributed by atoms with E-state index in [1.54, 1.807) is 11.3 Å². The summed E-state index contributed by atoms with van der Waals surface area (Å²) in [6.45, 7) is 4.94. The van der Waals surface area contributed by atoms with E-state index in [9.17, 15) is 4.79 Å². The molecule has 27 heavy (non-hydrogen) atoms. The average molecular weight is 420 g/mol. The molecule has 1 aliphatic rings. The molecule has 2 heterocycles. The number of piperazine rings is 1. The van der Waals surface area contributed by atoms with Crippen LogP contribution in [0, 0.1) is 6.92 Å². The number of aryl methyl sites for hydroxylation is 1. The lowest BCUT2D eigenvalue weighted by atomic mass is 10.1. The standard InChI is InChI=1S/C20H19Cl2N3OS/c1-13-15(21)6-7-17-19(13)23-20(27-17)25-10-8-24(9-11-25)18(26)12-14-4-2-3-5-16(14)22/h2-7H,8-12H2,1H3. The van der Waals surface area contributed by atoms with E-state index in [0.717, 1.165) is 44.6 Å². The van der Waals surface area contributed by atoms with Crippen molar-refractivity contribution in [2.45, 2.75) is 13.3 Å². The van der Waals surface area contributed by atoms with E-state index in [4.69, 9.17) is 28.2 Å². The van der Waals surface area contributed by atoms with E-state index < -0.39 is 0 Å². The van der Waals surface area contributed by atoms with Gasteiger partial charge < -0.3 is 9.80 Å². The van der Waals surface area contributed by atoms with Crippen LogP contribution in [0.4, 0.5) is 5.13 Å². The third kappa shape index (κ3) is 3.77. The third-order valence-electron chi connectivity index (χ3n) is 4.94. The number of amides is 1. The molecule has 0 atom stereocenters. The number of hydrogen-bond donors (Lipinski definition) is 0. The number of halogens is 2. The molecule has 1 amide bonds. The Bertz CT molecular complexity index is 996. The van der Waals surface area contributed by atoms with Crippen LogP contribution in [0.25, 0.3) is 10.2 Å². The maximum atomic E-state index is 12.6. The number of hydrogen-bond acceptors (Lipinski definition) is 4. The van der Waals surface area contributed by atoms with Crippen molar-refractivity contribution in [3.63, 3.8) is 0 Å². The maximum absolute atomic E-state index is 12.6. The summed E-state index contributed by atoms with van der Waals surface area (Å²) in [5.74, 6) is 0.120. The quantitative estimate of drug-likeness (QED) is 0.611. The molecule has 1 aromatic heterocycles. The minimum Gasteiger partial charge on any atom is -0.345 e. The zero-order valence-electron chi connectivity index (χ0n) is 14.9. The molecule has 0 aliphatic carbocycles. The number of thiazole rings is 1. The zero-order chi connectivity index (χ0) is 19.0. The fraction of sp³-hybridized carbons (Fsp3) is 0.300. The zero-order valence-corrected chi connectivity index (χ0v) is 17.2. The van der Waals surface area contributed by atoms with Gasteiger partial charge in [0.05, 0.1) is 16.6 Å². The number of carbonyl (C=O) groups is 1. The summed E-state index contributed by atoms with van der Waals surface area (Å²) in [5.41, 5.74) is 2.87. The number of nitrogens with zero attached hydrogens (tertiary/aromatic N) is 3. The largest absolute Gasteiger partial charge is 0.345 e. The second-order valence-corrected chi connectivity index (χ2v) is 8.48. The van der Waals surface area contributed by atoms with Crippen LogP contribution in [0.3, 0.4) is 0 Å².